The maximum absolute atomic E-state index is 10.9. The molecule has 2 N–H and O–H groups in total. The molecule has 0 amide bonds. The number of rotatable bonds is 7. The Bertz CT molecular complexity index is 1240. The van der Waals surface area contributed by atoms with Crippen LogP contribution < -0.4 is 5.32 Å². The van der Waals surface area contributed by atoms with Crippen molar-refractivity contribution in [2.75, 3.05) is 11.9 Å². The lowest BCUT2D eigenvalue weighted by molar-refractivity contribution is -0.145. The predicted molar refractivity (Wildman–Crippen MR) is 126 cm³/mol. The summed E-state index contributed by atoms with van der Waals surface area (Å²) in [6, 6.07) is 20.2. The van der Waals surface area contributed by atoms with Crippen LogP contribution in [0.2, 0.25) is 0 Å². The Hall–Kier alpha value is -3.71. The number of nitrogens with one attached hydrogen (secondary N) is 1. The molecular formula is C26H25N3O4. The molecule has 4 aromatic rings. The van der Waals surface area contributed by atoms with Crippen molar-refractivity contribution in [2.45, 2.75) is 37.8 Å². The van der Waals surface area contributed by atoms with E-state index in [0.717, 1.165) is 53.5 Å². The standard InChI is InChI=1S/C26H25N3O4/c30-21(31)15-32-20-13-7-12-19(14-20)29-25-23-22(17-8-3-1-4-9-17)24(18-10-5-2-6-11-18)33-26(23)28-16-27-25/h1-6,8-11,16,19-20H,7,12-15H2,(H,30,31)(H,27,28,29)/t19?,20-/m1/s1. The molecule has 33 heavy (non-hydrogen) atoms. The fraction of sp³-hybridized carbons (Fsp3) is 0.269. The molecule has 1 fully saturated rings. The van der Waals surface area contributed by atoms with Gasteiger partial charge in [-0.2, -0.15) is 0 Å². The molecular weight excluding hydrogens is 418 g/mol. The number of carboxylic acids is 1. The van der Waals surface area contributed by atoms with Crippen LogP contribution in [0.3, 0.4) is 0 Å². The van der Waals surface area contributed by atoms with Gasteiger partial charge >= 0.3 is 5.97 Å². The summed E-state index contributed by atoms with van der Waals surface area (Å²) in [6.45, 7) is -0.268. The van der Waals surface area contributed by atoms with Gasteiger partial charge < -0.3 is 19.6 Å². The third-order valence-corrected chi connectivity index (χ3v) is 6.00. The first kappa shape index (κ1) is 21.2. The van der Waals surface area contributed by atoms with Gasteiger partial charge in [0.05, 0.1) is 11.5 Å². The summed E-state index contributed by atoms with van der Waals surface area (Å²) >= 11 is 0. The highest BCUT2D eigenvalue weighted by atomic mass is 16.5. The molecule has 1 saturated carbocycles. The van der Waals surface area contributed by atoms with Crippen molar-refractivity contribution in [3.8, 4) is 22.5 Å². The van der Waals surface area contributed by atoms with Crippen LogP contribution in [0, 0.1) is 0 Å². The van der Waals surface area contributed by atoms with E-state index in [1.165, 1.54) is 6.33 Å². The summed E-state index contributed by atoms with van der Waals surface area (Å²) in [7, 11) is 0. The van der Waals surface area contributed by atoms with E-state index >= 15 is 0 Å². The van der Waals surface area contributed by atoms with Gasteiger partial charge in [0.1, 0.15) is 24.5 Å². The van der Waals surface area contributed by atoms with Crippen molar-refractivity contribution >= 4 is 22.9 Å². The summed E-state index contributed by atoms with van der Waals surface area (Å²) in [4.78, 5) is 19.9. The van der Waals surface area contributed by atoms with Crippen LogP contribution in [0.5, 0.6) is 0 Å². The SMILES string of the molecule is O=C(O)CO[C@@H]1CCCC(Nc2ncnc3oc(-c4ccccc4)c(-c4ccccc4)c23)C1. The zero-order valence-electron chi connectivity index (χ0n) is 18.1. The number of hydrogen-bond donors (Lipinski definition) is 2. The Morgan fingerprint density at radius 2 is 1.76 bits per heavy atom. The highest BCUT2D eigenvalue weighted by molar-refractivity contribution is 6.05. The Morgan fingerprint density at radius 3 is 2.48 bits per heavy atom. The van der Waals surface area contributed by atoms with Gasteiger partial charge in [-0.05, 0) is 31.2 Å². The number of furan rings is 1. The summed E-state index contributed by atoms with van der Waals surface area (Å²) < 4.78 is 11.8. The number of benzene rings is 2. The number of aromatic nitrogens is 2. The monoisotopic (exact) mass is 443 g/mol. The Morgan fingerprint density at radius 1 is 1.03 bits per heavy atom. The van der Waals surface area contributed by atoms with Crippen molar-refractivity contribution in [2.24, 2.45) is 0 Å². The van der Waals surface area contributed by atoms with Gasteiger partial charge in [-0.1, -0.05) is 60.7 Å². The quantitative estimate of drug-likeness (QED) is 0.396. The average Bonchev–Trinajstić information content (AvgIpc) is 3.25. The molecule has 2 aromatic heterocycles. The molecule has 0 bridgehead atoms. The maximum Gasteiger partial charge on any atom is 0.329 e. The minimum absolute atomic E-state index is 0.0810. The molecule has 2 aromatic carbocycles. The fourth-order valence-electron chi connectivity index (χ4n) is 4.53. The second kappa shape index (κ2) is 9.42. The number of carbonyl (C=O) groups is 1. The second-order valence-corrected chi connectivity index (χ2v) is 8.28. The number of ether oxygens (including phenoxy) is 1. The van der Waals surface area contributed by atoms with Crippen LogP contribution in [-0.2, 0) is 9.53 Å². The van der Waals surface area contributed by atoms with Crippen LogP contribution in [0.4, 0.5) is 5.82 Å². The van der Waals surface area contributed by atoms with Gasteiger partial charge in [-0.15, -0.1) is 0 Å². The molecule has 7 heteroatoms. The number of carboxylic acid groups (broad SMARTS) is 1. The van der Waals surface area contributed by atoms with Crippen LogP contribution in [-0.4, -0.2) is 39.8 Å². The van der Waals surface area contributed by atoms with E-state index in [1.54, 1.807) is 0 Å². The summed E-state index contributed by atoms with van der Waals surface area (Å²) in [6.07, 6.45) is 4.94. The zero-order chi connectivity index (χ0) is 22.6. The van der Waals surface area contributed by atoms with E-state index in [4.69, 9.17) is 14.3 Å². The first-order valence-electron chi connectivity index (χ1n) is 11.2. The molecule has 5 rings (SSSR count). The van der Waals surface area contributed by atoms with E-state index in [-0.39, 0.29) is 18.8 Å². The van der Waals surface area contributed by atoms with E-state index in [2.05, 4.69) is 27.4 Å². The predicted octanol–water partition coefficient (Wildman–Crippen LogP) is 5.38. The number of hydrogen-bond acceptors (Lipinski definition) is 6. The Labute approximate surface area is 191 Å². The molecule has 2 atom stereocenters. The van der Waals surface area contributed by atoms with Gasteiger partial charge in [0.25, 0.3) is 0 Å². The highest BCUT2D eigenvalue weighted by Gasteiger charge is 2.26. The topological polar surface area (TPSA) is 97.5 Å². The van der Waals surface area contributed by atoms with Crippen LogP contribution in [0.1, 0.15) is 25.7 Å². The zero-order valence-corrected chi connectivity index (χ0v) is 18.1. The first-order valence-corrected chi connectivity index (χ1v) is 11.2. The Balaban J connectivity index is 1.54. The molecule has 0 saturated heterocycles. The molecule has 0 aliphatic heterocycles. The first-order chi connectivity index (χ1) is 16.2. The number of anilines is 1. The molecule has 7 nitrogen and oxygen atoms in total. The van der Waals surface area contributed by atoms with Crippen molar-refractivity contribution in [3.63, 3.8) is 0 Å². The normalized spacial score (nSPS) is 18.3. The lowest BCUT2D eigenvalue weighted by atomic mass is 9.92. The maximum atomic E-state index is 10.9. The molecule has 0 radical (unpaired) electrons. The van der Waals surface area contributed by atoms with Crippen molar-refractivity contribution < 1.29 is 19.1 Å². The summed E-state index contributed by atoms with van der Waals surface area (Å²) in [5.41, 5.74) is 3.48. The van der Waals surface area contributed by atoms with Gasteiger partial charge in [-0.3, -0.25) is 0 Å². The van der Waals surface area contributed by atoms with E-state index in [1.807, 2.05) is 48.5 Å². The third kappa shape index (κ3) is 4.59. The molecule has 1 unspecified atom stereocenters. The third-order valence-electron chi connectivity index (χ3n) is 6.00. The average molecular weight is 444 g/mol. The van der Waals surface area contributed by atoms with Crippen molar-refractivity contribution in [1.29, 1.82) is 0 Å². The van der Waals surface area contributed by atoms with Crippen molar-refractivity contribution in [3.05, 3.63) is 67.0 Å². The van der Waals surface area contributed by atoms with Crippen LogP contribution >= 0.6 is 0 Å². The van der Waals surface area contributed by atoms with Crippen LogP contribution in [0.15, 0.2) is 71.4 Å². The molecule has 1 aliphatic rings. The van der Waals surface area contributed by atoms with Gasteiger partial charge in [0.2, 0.25) is 5.71 Å². The summed E-state index contributed by atoms with van der Waals surface area (Å²) in [5.74, 6) is 0.530. The minimum atomic E-state index is -0.943. The van der Waals surface area contributed by atoms with E-state index in [9.17, 15) is 4.79 Å². The molecule has 2 heterocycles. The number of aliphatic carboxylic acids is 1. The second-order valence-electron chi connectivity index (χ2n) is 8.28. The smallest absolute Gasteiger partial charge is 0.329 e. The van der Waals surface area contributed by atoms with Crippen molar-refractivity contribution in [1.82, 2.24) is 9.97 Å². The Kier molecular flexibility index (Phi) is 6.04. The van der Waals surface area contributed by atoms with Gasteiger partial charge in [0, 0.05) is 17.2 Å². The van der Waals surface area contributed by atoms with Gasteiger partial charge in [0.15, 0.2) is 0 Å². The van der Waals surface area contributed by atoms with E-state index in [0.29, 0.717) is 11.5 Å². The van der Waals surface area contributed by atoms with Gasteiger partial charge in [-0.25, -0.2) is 14.8 Å². The fourth-order valence-corrected chi connectivity index (χ4v) is 4.53. The lowest BCUT2D eigenvalue weighted by Gasteiger charge is -2.29. The minimum Gasteiger partial charge on any atom is -0.480 e. The van der Waals surface area contributed by atoms with E-state index < -0.39 is 5.97 Å². The highest BCUT2D eigenvalue weighted by Crippen LogP contribution is 2.42. The summed E-state index contributed by atoms with van der Waals surface area (Å²) in [5, 5.41) is 13.4. The molecule has 168 valence electrons. The number of nitrogens with zero attached hydrogens (tertiary/aromatic N) is 2. The number of fused-ring (bicyclic) bond motifs is 1. The molecule has 0 spiro atoms. The van der Waals surface area contributed by atoms with Crippen LogP contribution in [0.25, 0.3) is 33.6 Å². The lowest BCUT2D eigenvalue weighted by Crippen LogP contribution is -2.33. The largest absolute Gasteiger partial charge is 0.480 e. The molecule has 1 aliphatic carbocycles.